The van der Waals surface area contributed by atoms with Crippen LogP contribution in [0.1, 0.15) is 17.5 Å². The summed E-state index contributed by atoms with van der Waals surface area (Å²) in [6.45, 7) is 3.73. The summed E-state index contributed by atoms with van der Waals surface area (Å²) in [5.41, 5.74) is 0.833. The number of oxazole rings is 1. The maximum Gasteiger partial charge on any atom is 0.419 e. The van der Waals surface area contributed by atoms with Crippen LogP contribution < -0.4 is 10.7 Å². The maximum absolute atomic E-state index is 13.7. The van der Waals surface area contributed by atoms with Gasteiger partial charge >= 0.3 is 11.9 Å². The van der Waals surface area contributed by atoms with Gasteiger partial charge in [0.15, 0.2) is 5.58 Å². The molecule has 1 amide bonds. The Kier molecular flexibility index (Phi) is 6.95. The van der Waals surface area contributed by atoms with Gasteiger partial charge in [-0.15, -0.1) is 0 Å². The predicted octanol–water partition coefficient (Wildman–Crippen LogP) is 2.73. The topological polar surface area (TPSA) is 84.1 Å². The highest BCUT2D eigenvalue weighted by Crippen LogP contribution is 2.35. The van der Waals surface area contributed by atoms with E-state index < -0.39 is 22.9 Å². The Labute approximate surface area is 217 Å². The molecule has 2 saturated heterocycles. The fourth-order valence-corrected chi connectivity index (χ4v) is 5.49. The minimum atomic E-state index is -4.43. The minimum absolute atomic E-state index is 0.00573. The fourth-order valence-electron chi connectivity index (χ4n) is 5.49. The number of anilines is 1. The number of aryl methyl sites for hydroxylation is 1. The molecule has 5 rings (SSSR count). The minimum Gasteiger partial charge on any atom is -0.408 e. The SMILES string of the molecule is COCC1(C(=O)N2CCN(c3cc(C(F)(F)F)ccn3)CC2)CCN(Cc2ccc3oc(=O)n(C)c3c2)C1. The number of nitrogens with zero attached hydrogens (tertiary/aromatic N) is 5. The number of piperazine rings is 1. The first-order valence-corrected chi connectivity index (χ1v) is 12.5. The van der Waals surface area contributed by atoms with Gasteiger partial charge in [-0.25, -0.2) is 9.78 Å². The third kappa shape index (κ3) is 5.02. The second-order valence-electron chi connectivity index (χ2n) is 10.1. The Morgan fingerprint density at radius 1 is 1.13 bits per heavy atom. The summed E-state index contributed by atoms with van der Waals surface area (Å²) in [5.74, 6) is -0.143. The normalized spacial score (nSPS) is 21.0. The monoisotopic (exact) mass is 533 g/mol. The van der Waals surface area contributed by atoms with E-state index in [9.17, 15) is 22.8 Å². The third-order valence-electron chi connectivity index (χ3n) is 7.53. The van der Waals surface area contributed by atoms with Gasteiger partial charge in [-0.05, 0) is 42.8 Å². The number of pyridine rings is 1. The summed E-state index contributed by atoms with van der Waals surface area (Å²) in [6.07, 6.45) is -2.63. The number of carbonyl (C=O) groups excluding carboxylic acids is 1. The molecule has 9 nitrogen and oxygen atoms in total. The highest BCUT2D eigenvalue weighted by molar-refractivity contribution is 5.84. The van der Waals surface area contributed by atoms with E-state index in [0.29, 0.717) is 57.8 Å². The molecule has 3 aromatic rings. The molecule has 2 aromatic heterocycles. The van der Waals surface area contributed by atoms with Crippen LogP contribution in [0.5, 0.6) is 0 Å². The van der Waals surface area contributed by atoms with Gasteiger partial charge in [-0.3, -0.25) is 14.3 Å². The molecule has 2 aliphatic rings. The van der Waals surface area contributed by atoms with Crippen molar-refractivity contribution in [1.82, 2.24) is 19.4 Å². The summed E-state index contributed by atoms with van der Waals surface area (Å²) < 4.78 is 51.5. The van der Waals surface area contributed by atoms with Gasteiger partial charge in [0, 0.05) is 59.6 Å². The Morgan fingerprint density at radius 3 is 2.61 bits per heavy atom. The highest BCUT2D eigenvalue weighted by Gasteiger charge is 2.47. The molecule has 0 saturated carbocycles. The molecule has 0 radical (unpaired) electrons. The van der Waals surface area contributed by atoms with Crippen LogP contribution in [0.3, 0.4) is 0 Å². The third-order valence-corrected chi connectivity index (χ3v) is 7.53. The smallest absolute Gasteiger partial charge is 0.408 e. The summed E-state index contributed by atoms with van der Waals surface area (Å²) in [5, 5.41) is 0. The molecule has 0 N–H and O–H groups in total. The van der Waals surface area contributed by atoms with E-state index in [1.165, 1.54) is 10.8 Å². The number of hydrogen-bond donors (Lipinski definition) is 0. The first kappa shape index (κ1) is 26.2. The van der Waals surface area contributed by atoms with E-state index in [0.717, 1.165) is 23.2 Å². The van der Waals surface area contributed by atoms with E-state index in [1.54, 1.807) is 30.0 Å². The highest BCUT2D eigenvalue weighted by atomic mass is 19.4. The van der Waals surface area contributed by atoms with Crippen molar-refractivity contribution in [3.8, 4) is 0 Å². The van der Waals surface area contributed by atoms with Crippen LogP contribution in [-0.4, -0.2) is 78.2 Å². The Bertz CT molecular complexity index is 1380. The molecule has 0 bridgehead atoms. The summed E-state index contributed by atoms with van der Waals surface area (Å²) in [6, 6.07) is 7.65. The number of rotatable bonds is 6. The molecule has 4 heterocycles. The van der Waals surface area contributed by atoms with Crippen LogP contribution in [0.25, 0.3) is 11.1 Å². The molecule has 1 atom stereocenters. The van der Waals surface area contributed by atoms with Crippen molar-refractivity contribution in [3.05, 3.63) is 58.2 Å². The number of halogens is 3. The summed E-state index contributed by atoms with van der Waals surface area (Å²) >= 11 is 0. The maximum atomic E-state index is 13.7. The van der Waals surface area contributed by atoms with Crippen molar-refractivity contribution in [2.45, 2.75) is 19.1 Å². The van der Waals surface area contributed by atoms with Crippen LogP contribution in [0.4, 0.5) is 19.0 Å². The van der Waals surface area contributed by atoms with Crippen molar-refractivity contribution in [3.63, 3.8) is 0 Å². The number of amides is 1. The quantitative estimate of drug-likeness (QED) is 0.482. The molecule has 2 fully saturated rings. The zero-order valence-electron chi connectivity index (χ0n) is 21.3. The second-order valence-corrected chi connectivity index (χ2v) is 10.1. The second kappa shape index (κ2) is 10.1. The lowest BCUT2D eigenvalue weighted by Crippen LogP contribution is -2.55. The van der Waals surface area contributed by atoms with Crippen molar-refractivity contribution in [2.24, 2.45) is 12.5 Å². The molecular formula is C26H30F3N5O4. The van der Waals surface area contributed by atoms with Gasteiger partial charge in [-0.1, -0.05) is 6.07 Å². The van der Waals surface area contributed by atoms with Gasteiger partial charge in [-0.2, -0.15) is 13.2 Å². The summed E-state index contributed by atoms with van der Waals surface area (Å²) in [4.78, 5) is 35.5. The number of ether oxygens (including phenoxy) is 1. The molecule has 1 aromatic carbocycles. The van der Waals surface area contributed by atoms with Crippen molar-refractivity contribution < 1.29 is 27.1 Å². The van der Waals surface area contributed by atoms with Crippen molar-refractivity contribution in [2.75, 3.05) is 57.9 Å². The van der Waals surface area contributed by atoms with Gasteiger partial charge in [0.25, 0.3) is 0 Å². The molecule has 0 spiro atoms. The summed E-state index contributed by atoms with van der Waals surface area (Å²) in [7, 11) is 3.25. The zero-order chi connectivity index (χ0) is 27.1. The average Bonchev–Trinajstić information content (AvgIpc) is 3.44. The van der Waals surface area contributed by atoms with Crippen molar-refractivity contribution in [1.29, 1.82) is 0 Å². The number of likely N-dealkylation sites (tertiary alicyclic amines) is 1. The lowest BCUT2D eigenvalue weighted by Gasteiger charge is -2.40. The lowest BCUT2D eigenvalue weighted by molar-refractivity contribution is -0.145. The number of fused-ring (bicyclic) bond motifs is 1. The van der Waals surface area contributed by atoms with E-state index >= 15 is 0 Å². The van der Waals surface area contributed by atoms with Crippen LogP contribution in [0.15, 0.2) is 45.7 Å². The van der Waals surface area contributed by atoms with Gasteiger partial charge in [0.1, 0.15) is 5.82 Å². The number of carbonyl (C=O) groups is 1. The fraction of sp³-hybridized carbons (Fsp3) is 0.500. The van der Waals surface area contributed by atoms with E-state index in [1.807, 2.05) is 12.1 Å². The average molecular weight is 534 g/mol. The first-order chi connectivity index (χ1) is 18.1. The van der Waals surface area contributed by atoms with E-state index in [-0.39, 0.29) is 18.3 Å². The predicted molar refractivity (Wildman–Crippen MR) is 134 cm³/mol. The lowest BCUT2D eigenvalue weighted by atomic mass is 9.86. The molecular weight excluding hydrogens is 503 g/mol. The molecule has 12 heteroatoms. The zero-order valence-corrected chi connectivity index (χ0v) is 21.3. The largest absolute Gasteiger partial charge is 0.419 e. The number of methoxy groups -OCH3 is 1. The molecule has 2 aliphatic heterocycles. The number of aromatic nitrogens is 2. The molecule has 0 aliphatic carbocycles. The molecule has 38 heavy (non-hydrogen) atoms. The molecule has 204 valence electrons. The van der Waals surface area contributed by atoms with E-state index in [2.05, 4.69) is 9.88 Å². The van der Waals surface area contributed by atoms with Gasteiger partial charge < -0.3 is 19.0 Å². The van der Waals surface area contributed by atoms with Crippen molar-refractivity contribution >= 4 is 22.8 Å². The number of benzene rings is 1. The first-order valence-electron chi connectivity index (χ1n) is 12.5. The van der Waals surface area contributed by atoms with Gasteiger partial charge in [0.2, 0.25) is 5.91 Å². The van der Waals surface area contributed by atoms with Gasteiger partial charge in [0.05, 0.1) is 23.1 Å². The van der Waals surface area contributed by atoms with Crippen LogP contribution in [0, 0.1) is 5.41 Å². The van der Waals surface area contributed by atoms with E-state index in [4.69, 9.17) is 9.15 Å². The number of alkyl halides is 3. The Morgan fingerprint density at radius 2 is 1.89 bits per heavy atom. The Balaban J connectivity index is 1.24. The number of hydrogen-bond acceptors (Lipinski definition) is 7. The Hall–Kier alpha value is -3.38. The van der Waals surface area contributed by atoms with Crippen LogP contribution >= 0.6 is 0 Å². The molecule has 1 unspecified atom stereocenters. The standard InChI is InChI=1S/C26H30F3N5O4/c1-31-20-13-18(3-4-21(20)38-24(31)36)15-32-8-6-25(16-32,17-37-2)23(35)34-11-9-33(10-12-34)22-14-19(5-7-30-22)26(27,28)29/h3-5,7,13-14H,6,8-12,15-17H2,1-2H3. The van der Waals surface area contributed by atoms with Crippen LogP contribution in [0.2, 0.25) is 0 Å². The van der Waals surface area contributed by atoms with Crippen LogP contribution in [-0.2, 0) is 29.3 Å².